The molecular formula is C9H15N3O2. The number of carbonyl (C=O) groups is 1. The number of aryl methyl sites for hydroxylation is 1. The highest BCUT2D eigenvalue weighted by molar-refractivity contribution is 5.75. The standard InChI is InChI=1S/C9H15N3O2/c1-6-8(12-5-11-6)4-10-7(2)9(13)14-3/h5,7,10H,4H2,1-3H3,(H,11,12). The lowest BCUT2D eigenvalue weighted by Crippen LogP contribution is -2.34. The largest absolute Gasteiger partial charge is 0.468 e. The van der Waals surface area contributed by atoms with E-state index in [9.17, 15) is 4.79 Å². The zero-order valence-corrected chi connectivity index (χ0v) is 8.63. The quantitative estimate of drug-likeness (QED) is 0.684. The van der Waals surface area contributed by atoms with Crippen LogP contribution in [0.15, 0.2) is 6.33 Å². The van der Waals surface area contributed by atoms with Crippen LogP contribution in [0.5, 0.6) is 0 Å². The highest BCUT2D eigenvalue weighted by atomic mass is 16.5. The number of hydrogen-bond donors (Lipinski definition) is 2. The monoisotopic (exact) mass is 197 g/mol. The second-order valence-electron chi connectivity index (χ2n) is 3.10. The van der Waals surface area contributed by atoms with Crippen molar-refractivity contribution in [2.45, 2.75) is 26.4 Å². The van der Waals surface area contributed by atoms with Crippen molar-refractivity contribution in [3.63, 3.8) is 0 Å². The average Bonchev–Trinajstić information content (AvgIpc) is 2.59. The Kier molecular flexibility index (Phi) is 3.64. The van der Waals surface area contributed by atoms with Crippen LogP contribution in [-0.2, 0) is 16.1 Å². The van der Waals surface area contributed by atoms with Crippen molar-refractivity contribution >= 4 is 5.97 Å². The van der Waals surface area contributed by atoms with E-state index in [0.29, 0.717) is 6.54 Å². The van der Waals surface area contributed by atoms with Crippen LogP contribution >= 0.6 is 0 Å². The fourth-order valence-electron chi connectivity index (χ4n) is 1.08. The fraction of sp³-hybridized carbons (Fsp3) is 0.556. The predicted molar refractivity (Wildman–Crippen MR) is 51.6 cm³/mol. The Hall–Kier alpha value is -1.36. The molecule has 2 N–H and O–H groups in total. The van der Waals surface area contributed by atoms with E-state index in [1.165, 1.54) is 7.11 Å². The SMILES string of the molecule is COC(=O)C(C)NCc1nc[nH]c1C. The van der Waals surface area contributed by atoms with Gasteiger partial charge in [-0.05, 0) is 13.8 Å². The molecule has 1 rings (SSSR count). The lowest BCUT2D eigenvalue weighted by Gasteiger charge is -2.10. The Labute approximate surface area is 82.9 Å². The van der Waals surface area contributed by atoms with Gasteiger partial charge in [0.05, 0.1) is 19.1 Å². The van der Waals surface area contributed by atoms with E-state index >= 15 is 0 Å². The third kappa shape index (κ3) is 2.56. The van der Waals surface area contributed by atoms with Crippen molar-refractivity contribution in [1.82, 2.24) is 15.3 Å². The molecule has 1 aromatic rings. The second kappa shape index (κ2) is 4.76. The van der Waals surface area contributed by atoms with Gasteiger partial charge in [0, 0.05) is 12.2 Å². The smallest absolute Gasteiger partial charge is 0.322 e. The van der Waals surface area contributed by atoms with Crippen molar-refractivity contribution in [1.29, 1.82) is 0 Å². The summed E-state index contributed by atoms with van der Waals surface area (Å²) in [6, 6.07) is -0.309. The molecule has 0 spiro atoms. The third-order valence-corrected chi connectivity index (χ3v) is 2.06. The Morgan fingerprint density at radius 2 is 2.50 bits per heavy atom. The highest BCUT2D eigenvalue weighted by Gasteiger charge is 2.12. The van der Waals surface area contributed by atoms with Gasteiger partial charge in [0.25, 0.3) is 0 Å². The van der Waals surface area contributed by atoms with E-state index in [1.54, 1.807) is 13.3 Å². The zero-order chi connectivity index (χ0) is 10.6. The summed E-state index contributed by atoms with van der Waals surface area (Å²) in [5.74, 6) is -0.266. The minimum Gasteiger partial charge on any atom is -0.468 e. The Morgan fingerprint density at radius 1 is 1.79 bits per heavy atom. The van der Waals surface area contributed by atoms with Crippen LogP contribution in [0.1, 0.15) is 18.3 Å². The van der Waals surface area contributed by atoms with E-state index in [4.69, 9.17) is 0 Å². The van der Waals surface area contributed by atoms with E-state index < -0.39 is 0 Å². The van der Waals surface area contributed by atoms with Crippen LogP contribution in [-0.4, -0.2) is 29.1 Å². The molecule has 1 aromatic heterocycles. The van der Waals surface area contributed by atoms with Gasteiger partial charge in [-0.25, -0.2) is 4.98 Å². The summed E-state index contributed by atoms with van der Waals surface area (Å²) in [4.78, 5) is 18.1. The van der Waals surface area contributed by atoms with Crippen molar-refractivity contribution in [2.24, 2.45) is 0 Å². The summed E-state index contributed by atoms with van der Waals surface area (Å²) >= 11 is 0. The zero-order valence-electron chi connectivity index (χ0n) is 8.63. The average molecular weight is 197 g/mol. The summed E-state index contributed by atoms with van der Waals surface area (Å²) < 4.78 is 4.58. The molecule has 0 fully saturated rings. The first-order chi connectivity index (χ1) is 6.65. The molecular weight excluding hydrogens is 182 g/mol. The van der Waals surface area contributed by atoms with Gasteiger partial charge in [-0.3, -0.25) is 10.1 Å². The summed E-state index contributed by atoms with van der Waals surface area (Å²) in [6.45, 7) is 4.26. The van der Waals surface area contributed by atoms with Gasteiger partial charge >= 0.3 is 5.97 Å². The Bertz CT molecular complexity index is 309. The molecule has 1 unspecified atom stereocenters. The number of imidazole rings is 1. The predicted octanol–water partition coefficient (Wildman–Crippen LogP) is 0.369. The lowest BCUT2D eigenvalue weighted by molar-refractivity contribution is -0.142. The number of carbonyl (C=O) groups excluding carboxylic acids is 1. The summed E-state index contributed by atoms with van der Waals surface area (Å²) in [5, 5.41) is 3.02. The molecule has 5 nitrogen and oxygen atoms in total. The first-order valence-electron chi connectivity index (χ1n) is 4.45. The Morgan fingerprint density at radius 3 is 3.00 bits per heavy atom. The van der Waals surface area contributed by atoms with Crippen molar-refractivity contribution in [2.75, 3.05) is 7.11 Å². The molecule has 1 atom stereocenters. The van der Waals surface area contributed by atoms with Gasteiger partial charge in [0.1, 0.15) is 6.04 Å². The van der Waals surface area contributed by atoms with Crippen molar-refractivity contribution in [3.8, 4) is 0 Å². The van der Waals surface area contributed by atoms with E-state index in [1.807, 2.05) is 6.92 Å². The molecule has 78 valence electrons. The Balaban J connectivity index is 2.41. The maximum atomic E-state index is 11.0. The molecule has 0 aromatic carbocycles. The molecule has 5 heteroatoms. The molecule has 0 bridgehead atoms. The van der Waals surface area contributed by atoms with Crippen LogP contribution < -0.4 is 5.32 Å². The molecule has 0 aliphatic carbocycles. The maximum absolute atomic E-state index is 11.0. The number of hydrogen-bond acceptors (Lipinski definition) is 4. The van der Waals surface area contributed by atoms with Gasteiger partial charge in [-0.15, -0.1) is 0 Å². The first kappa shape index (κ1) is 10.7. The van der Waals surface area contributed by atoms with Crippen molar-refractivity contribution in [3.05, 3.63) is 17.7 Å². The molecule has 0 amide bonds. The fourth-order valence-corrected chi connectivity index (χ4v) is 1.08. The summed E-state index contributed by atoms with van der Waals surface area (Å²) in [5.41, 5.74) is 1.93. The molecule has 0 saturated carbocycles. The summed E-state index contributed by atoms with van der Waals surface area (Å²) in [6.07, 6.45) is 1.63. The van der Waals surface area contributed by atoms with Gasteiger partial charge in [0.2, 0.25) is 0 Å². The molecule has 0 aliphatic heterocycles. The number of nitrogens with zero attached hydrogens (tertiary/aromatic N) is 1. The highest BCUT2D eigenvalue weighted by Crippen LogP contribution is 2.00. The van der Waals surface area contributed by atoms with Crippen LogP contribution in [0, 0.1) is 6.92 Å². The number of rotatable bonds is 4. The summed E-state index contributed by atoms with van der Waals surface area (Å²) in [7, 11) is 1.38. The molecule has 14 heavy (non-hydrogen) atoms. The lowest BCUT2D eigenvalue weighted by atomic mass is 10.3. The van der Waals surface area contributed by atoms with E-state index in [2.05, 4.69) is 20.0 Å². The minimum atomic E-state index is -0.309. The number of methoxy groups -OCH3 is 1. The van der Waals surface area contributed by atoms with Gasteiger partial charge in [0.15, 0.2) is 0 Å². The molecule has 0 radical (unpaired) electrons. The molecule has 0 aliphatic rings. The minimum absolute atomic E-state index is 0.266. The van der Waals surface area contributed by atoms with E-state index in [0.717, 1.165) is 11.4 Å². The van der Waals surface area contributed by atoms with Crippen LogP contribution in [0.25, 0.3) is 0 Å². The number of aromatic nitrogens is 2. The molecule has 1 heterocycles. The number of ether oxygens (including phenoxy) is 1. The number of aromatic amines is 1. The third-order valence-electron chi connectivity index (χ3n) is 2.06. The normalized spacial score (nSPS) is 12.5. The van der Waals surface area contributed by atoms with Crippen LogP contribution in [0.4, 0.5) is 0 Å². The number of esters is 1. The first-order valence-corrected chi connectivity index (χ1v) is 4.45. The topological polar surface area (TPSA) is 67.0 Å². The van der Waals surface area contributed by atoms with Crippen molar-refractivity contribution < 1.29 is 9.53 Å². The van der Waals surface area contributed by atoms with E-state index in [-0.39, 0.29) is 12.0 Å². The second-order valence-corrected chi connectivity index (χ2v) is 3.10. The number of nitrogens with one attached hydrogen (secondary N) is 2. The number of H-pyrrole nitrogens is 1. The maximum Gasteiger partial charge on any atom is 0.322 e. The van der Waals surface area contributed by atoms with Gasteiger partial charge < -0.3 is 9.72 Å². The van der Waals surface area contributed by atoms with Crippen LogP contribution in [0.2, 0.25) is 0 Å². The molecule has 0 saturated heterocycles. The van der Waals surface area contributed by atoms with Gasteiger partial charge in [-0.2, -0.15) is 0 Å². The van der Waals surface area contributed by atoms with Gasteiger partial charge in [-0.1, -0.05) is 0 Å². The van der Waals surface area contributed by atoms with Crippen LogP contribution in [0.3, 0.4) is 0 Å².